The molecule has 0 spiro atoms. The Labute approximate surface area is 98.9 Å². The third-order valence-electron chi connectivity index (χ3n) is 2.60. The highest BCUT2D eigenvalue weighted by molar-refractivity contribution is 5.56. The van der Waals surface area contributed by atoms with Crippen molar-refractivity contribution in [3.05, 3.63) is 17.4 Å². The molecule has 0 aliphatic carbocycles. The van der Waals surface area contributed by atoms with Gasteiger partial charge in [0.2, 0.25) is 0 Å². The molecule has 0 bridgehead atoms. The second-order valence-electron chi connectivity index (χ2n) is 3.86. The fourth-order valence-corrected chi connectivity index (χ4v) is 1.87. The number of rotatable bonds is 2. The Morgan fingerprint density at radius 2 is 2.12 bits per heavy atom. The van der Waals surface area contributed by atoms with Gasteiger partial charge in [-0.2, -0.15) is 0 Å². The second kappa shape index (κ2) is 4.79. The molecular formula is C12H15FO4. The van der Waals surface area contributed by atoms with Gasteiger partial charge < -0.3 is 19.3 Å². The van der Waals surface area contributed by atoms with Crippen molar-refractivity contribution in [1.82, 2.24) is 0 Å². The van der Waals surface area contributed by atoms with Crippen molar-refractivity contribution in [2.75, 3.05) is 20.3 Å². The number of ether oxygens (including phenoxy) is 3. The van der Waals surface area contributed by atoms with Crippen molar-refractivity contribution in [3.8, 4) is 17.2 Å². The number of aliphatic hydroxyl groups excluding tert-OH is 1. The summed E-state index contributed by atoms with van der Waals surface area (Å²) in [5.74, 6) is 0.129. The minimum atomic E-state index is -0.893. The molecule has 1 aliphatic heterocycles. The van der Waals surface area contributed by atoms with E-state index in [4.69, 9.17) is 14.2 Å². The van der Waals surface area contributed by atoms with Gasteiger partial charge in [0.25, 0.3) is 0 Å². The number of fused-ring (bicyclic) bond motifs is 1. The van der Waals surface area contributed by atoms with E-state index >= 15 is 0 Å². The normalized spacial score (nSPS) is 16.2. The van der Waals surface area contributed by atoms with Gasteiger partial charge in [-0.3, -0.25) is 0 Å². The Bertz CT molecular complexity index is 417. The molecule has 17 heavy (non-hydrogen) atoms. The van der Waals surface area contributed by atoms with E-state index in [0.29, 0.717) is 30.3 Å². The van der Waals surface area contributed by atoms with Crippen LogP contribution in [0.3, 0.4) is 0 Å². The van der Waals surface area contributed by atoms with Crippen LogP contribution in [0.5, 0.6) is 17.2 Å². The van der Waals surface area contributed by atoms with Crippen LogP contribution in [0, 0.1) is 5.82 Å². The molecule has 1 aromatic rings. The van der Waals surface area contributed by atoms with Gasteiger partial charge in [-0.25, -0.2) is 4.39 Å². The number of aliphatic hydroxyl groups is 1. The van der Waals surface area contributed by atoms with Crippen molar-refractivity contribution in [2.24, 2.45) is 0 Å². The first-order valence-corrected chi connectivity index (χ1v) is 5.49. The van der Waals surface area contributed by atoms with Gasteiger partial charge in [0.05, 0.1) is 32.0 Å². The first kappa shape index (κ1) is 12.0. The zero-order valence-corrected chi connectivity index (χ0v) is 9.83. The molecule has 5 heteroatoms. The molecule has 1 aliphatic rings. The lowest BCUT2D eigenvalue weighted by molar-refractivity contribution is 0.184. The SMILES string of the molecule is COc1c(F)cc2c(c1C(C)O)OCCCO2. The van der Waals surface area contributed by atoms with Gasteiger partial charge >= 0.3 is 0 Å². The monoisotopic (exact) mass is 242 g/mol. The van der Waals surface area contributed by atoms with E-state index in [-0.39, 0.29) is 5.75 Å². The molecule has 0 aromatic heterocycles. The van der Waals surface area contributed by atoms with E-state index in [9.17, 15) is 9.50 Å². The van der Waals surface area contributed by atoms with Crippen LogP contribution in [0.15, 0.2) is 6.07 Å². The molecule has 1 unspecified atom stereocenters. The van der Waals surface area contributed by atoms with Gasteiger partial charge in [-0.05, 0) is 6.92 Å². The zero-order valence-electron chi connectivity index (χ0n) is 9.83. The lowest BCUT2D eigenvalue weighted by Gasteiger charge is -2.18. The predicted octanol–water partition coefficient (Wildman–Crippen LogP) is 2.05. The number of benzene rings is 1. The van der Waals surface area contributed by atoms with Gasteiger partial charge in [-0.1, -0.05) is 0 Å². The summed E-state index contributed by atoms with van der Waals surface area (Å²) in [5, 5.41) is 9.73. The molecule has 1 heterocycles. The number of methoxy groups -OCH3 is 1. The average Bonchev–Trinajstić information content (AvgIpc) is 2.51. The summed E-state index contributed by atoms with van der Waals surface area (Å²) in [7, 11) is 1.36. The summed E-state index contributed by atoms with van der Waals surface area (Å²) >= 11 is 0. The fraction of sp³-hybridized carbons (Fsp3) is 0.500. The van der Waals surface area contributed by atoms with Crippen LogP contribution in [-0.2, 0) is 0 Å². The molecule has 0 saturated carbocycles. The summed E-state index contributed by atoms with van der Waals surface area (Å²) in [5.41, 5.74) is 0.296. The fourth-order valence-electron chi connectivity index (χ4n) is 1.87. The van der Waals surface area contributed by atoms with Gasteiger partial charge in [0.1, 0.15) is 0 Å². The van der Waals surface area contributed by atoms with Crippen LogP contribution < -0.4 is 14.2 Å². The maximum absolute atomic E-state index is 13.8. The molecule has 0 amide bonds. The van der Waals surface area contributed by atoms with Crippen molar-refractivity contribution in [3.63, 3.8) is 0 Å². The van der Waals surface area contributed by atoms with Crippen molar-refractivity contribution in [2.45, 2.75) is 19.4 Å². The van der Waals surface area contributed by atoms with E-state index in [1.165, 1.54) is 20.1 Å². The van der Waals surface area contributed by atoms with Gasteiger partial charge in [0.15, 0.2) is 23.1 Å². The molecule has 1 N–H and O–H groups in total. The van der Waals surface area contributed by atoms with Crippen LogP contribution in [0.1, 0.15) is 25.0 Å². The smallest absolute Gasteiger partial charge is 0.170 e. The maximum Gasteiger partial charge on any atom is 0.170 e. The van der Waals surface area contributed by atoms with E-state index < -0.39 is 11.9 Å². The lowest BCUT2D eigenvalue weighted by Crippen LogP contribution is -2.05. The van der Waals surface area contributed by atoms with Crippen molar-refractivity contribution >= 4 is 0 Å². The lowest BCUT2D eigenvalue weighted by atomic mass is 10.1. The Balaban J connectivity index is 2.62. The molecule has 0 radical (unpaired) electrons. The molecule has 4 nitrogen and oxygen atoms in total. The summed E-state index contributed by atoms with van der Waals surface area (Å²) in [6.07, 6.45) is -0.172. The minimum Gasteiger partial charge on any atom is -0.493 e. The Morgan fingerprint density at radius 3 is 2.76 bits per heavy atom. The largest absolute Gasteiger partial charge is 0.493 e. The maximum atomic E-state index is 13.8. The van der Waals surface area contributed by atoms with Crippen LogP contribution in [0.2, 0.25) is 0 Å². The number of hydrogen-bond donors (Lipinski definition) is 1. The molecule has 1 atom stereocenters. The van der Waals surface area contributed by atoms with Crippen molar-refractivity contribution in [1.29, 1.82) is 0 Å². The number of hydrogen-bond acceptors (Lipinski definition) is 4. The Morgan fingerprint density at radius 1 is 1.41 bits per heavy atom. The van der Waals surface area contributed by atoms with E-state index in [0.717, 1.165) is 6.42 Å². The predicted molar refractivity (Wildman–Crippen MR) is 59.2 cm³/mol. The average molecular weight is 242 g/mol. The van der Waals surface area contributed by atoms with Crippen molar-refractivity contribution < 1.29 is 23.7 Å². The Hall–Kier alpha value is -1.49. The summed E-state index contributed by atoms with van der Waals surface area (Å²) in [6.45, 7) is 2.48. The summed E-state index contributed by atoms with van der Waals surface area (Å²) in [4.78, 5) is 0. The quantitative estimate of drug-likeness (QED) is 0.862. The highest BCUT2D eigenvalue weighted by Crippen LogP contribution is 2.44. The van der Waals surface area contributed by atoms with E-state index in [1.54, 1.807) is 0 Å². The third-order valence-corrected chi connectivity index (χ3v) is 2.60. The molecule has 0 saturated heterocycles. The summed E-state index contributed by atoms with van der Waals surface area (Å²) < 4.78 is 29.6. The van der Waals surface area contributed by atoms with Gasteiger partial charge in [-0.15, -0.1) is 0 Å². The molecule has 2 rings (SSSR count). The highest BCUT2D eigenvalue weighted by atomic mass is 19.1. The topological polar surface area (TPSA) is 47.9 Å². The summed E-state index contributed by atoms with van der Waals surface area (Å²) in [6, 6.07) is 1.23. The second-order valence-corrected chi connectivity index (χ2v) is 3.86. The zero-order chi connectivity index (χ0) is 12.4. The third kappa shape index (κ3) is 2.15. The number of halogens is 1. The first-order valence-electron chi connectivity index (χ1n) is 5.49. The van der Waals surface area contributed by atoms with E-state index in [2.05, 4.69) is 0 Å². The van der Waals surface area contributed by atoms with E-state index in [1.807, 2.05) is 0 Å². The molecule has 0 fully saturated rings. The molecular weight excluding hydrogens is 227 g/mol. The molecule has 1 aromatic carbocycles. The van der Waals surface area contributed by atoms with Crippen LogP contribution in [-0.4, -0.2) is 25.4 Å². The van der Waals surface area contributed by atoms with Crippen LogP contribution in [0.4, 0.5) is 4.39 Å². The first-order chi connectivity index (χ1) is 8.15. The highest BCUT2D eigenvalue weighted by Gasteiger charge is 2.25. The van der Waals surface area contributed by atoms with Crippen LogP contribution >= 0.6 is 0 Å². The molecule has 94 valence electrons. The standard InChI is InChI=1S/C12H15FO4/c1-7(14)10-11(15-2)8(13)6-9-12(10)17-5-3-4-16-9/h6-7,14H,3-5H2,1-2H3. The van der Waals surface area contributed by atoms with Crippen LogP contribution in [0.25, 0.3) is 0 Å². The minimum absolute atomic E-state index is 0.00394. The van der Waals surface area contributed by atoms with Gasteiger partial charge in [0, 0.05) is 12.5 Å². The Kier molecular flexibility index (Phi) is 3.38.